The lowest BCUT2D eigenvalue weighted by atomic mass is 10.0. The fourth-order valence-corrected chi connectivity index (χ4v) is 2.26. The number of rotatable bonds is 6. The molecule has 0 aliphatic rings. The molecule has 0 spiro atoms. The molecule has 24 heavy (non-hydrogen) atoms. The van der Waals surface area contributed by atoms with Crippen LogP contribution < -0.4 is 10.6 Å². The molecule has 0 unspecified atom stereocenters. The second kappa shape index (κ2) is 7.59. The molecule has 1 atom stereocenters. The highest BCUT2D eigenvalue weighted by atomic mass is 16.6. The number of carbonyl (C=O) groups is 1. The van der Waals surface area contributed by atoms with E-state index < -0.39 is 11.0 Å². The van der Waals surface area contributed by atoms with Gasteiger partial charge in [-0.25, -0.2) is 0 Å². The minimum atomic E-state index is -0.533. The monoisotopic (exact) mass is 327 g/mol. The third kappa shape index (κ3) is 4.32. The molecule has 1 amide bonds. The van der Waals surface area contributed by atoms with E-state index in [4.69, 9.17) is 0 Å². The Morgan fingerprint density at radius 2 is 1.67 bits per heavy atom. The first-order chi connectivity index (χ1) is 11.4. The van der Waals surface area contributed by atoms with Crippen LogP contribution in [0.3, 0.4) is 0 Å². The molecular formula is C18H21N3O3. The predicted octanol–water partition coefficient (Wildman–Crippen LogP) is 4.16. The van der Waals surface area contributed by atoms with Crippen LogP contribution in [-0.2, 0) is 4.79 Å². The van der Waals surface area contributed by atoms with Crippen molar-refractivity contribution in [1.29, 1.82) is 0 Å². The van der Waals surface area contributed by atoms with Crippen LogP contribution in [0.2, 0.25) is 0 Å². The van der Waals surface area contributed by atoms with Crippen LogP contribution in [0.1, 0.15) is 32.3 Å². The number of nitro groups is 1. The van der Waals surface area contributed by atoms with E-state index >= 15 is 0 Å². The van der Waals surface area contributed by atoms with Gasteiger partial charge in [0.15, 0.2) is 0 Å². The summed E-state index contributed by atoms with van der Waals surface area (Å²) in [5.41, 5.74) is 2.11. The van der Waals surface area contributed by atoms with Gasteiger partial charge in [-0.2, -0.15) is 0 Å². The largest absolute Gasteiger partial charge is 0.374 e. The van der Waals surface area contributed by atoms with Gasteiger partial charge in [-0.3, -0.25) is 14.9 Å². The smallest absolute Gasteiger partial charge is 0.292 e. The number of hydrogen-bond acceptors (Lipinski definition) is 4. The summed E-state index contributed by atoms with van der Waals surface area (Å²) in [6.07, 6.45) is 0. The molecule has 126 valence electrons. The van der Waals surface area contributed by atoms with Crippen LogP contribution in [0, 0.1) is 10.1 Å². The van der Waals surface area contributed by atoms with Crippen molar-refractivity contribution in [2.45, 2.75) is 32.7 Å². The number of nitrogens with zero attached hydrogens (tertiary/aromatic N) is 1. The van der Waals surface area contributed by atoms with E-state index in [0.717, 1.165) is 5.69 Å². The third-order valence-corrected chi connectivity index (χ3v) is 3.71. The zero-order valence-electron chi connectivity index (χ0n) is 13.9. The zero-order valence-corrected chi connectivity index (χ0v) is 13.9. The van der Waals surface area contributed by atoms with E-state index in [9.17, 15) is 14.9 Å². The average Bonchev–Trinajstić information content (AvgIpc) is 2.55. The molecular weight excluding hydrogens is 306 g/mol. The lowest BCUT2D eigenvalue weighted by Crippen LogP contribution is -2.32. The summed E-state index contributed by atoms with van der Waals surface area (Å²) in [7, 11) is 0. The molecule has 0 heterocycles. The predicted molar refractivity (Wildman–Crippen MR) is 95.3 cm³/mol. The van der Waals surface area contributed by atoms with Crippen molar-refractivity contribution >= 4 is 23.0 Å². The molecule has 2 rings (SSSR count). The molecule has 0 fully saturated rings. The quantitative estimate of drug-likeness (QED) is 0.616. The SMILES string of the molecule is CC(C)c1ccc(N[C@H](C)C(=O)Nc2ccccc2[N+](=O)[O-])cc1. The van der Waals surface area contributed by atoms with Gasteiger partial charge in [0.05, 0.1) is 4.92 Å². The Morgan fingerprint density at radius 3 is 2.25 bits per heavy atom. The first kappa shape index (κ1) is 17.5. The number of nitro benzene ring substituents is 1. The maximum Gasteiger partial charge on any atom is 0.292 e. The first-order valence-corrected chi connectivity index (χ1v) is 7.79. The van der Waals surface area contributed by atoms with E-state index in [1.807, 2.05) is 24.3 Å². The molecule has 0 radical (unpaired) electrons. The summed E-state index contributed by atoms with van der Waals surface area (Å²) in [4.78, 5) is 22.7. The topological polar surface area (TPSA) is 84.3 Å². The Labute approximate surface area is 141 Å². The molecule has 0 saturated heterocycles. The van der Waals surface area contributed by atoms with Gasteiger partial charge in [-0.1, -0.05) is 38.1 Å². The summed E-state index contributed by atoms with van der Waals surface area (Å²) >= 11 is 0. The minimum Gasteiger partial charge on any atom is -0.374 e. The summed E-state index contributed by atoms with van der Waals surface area (Å²) in [5, 5.41) is 16.7. The van der Waals surface area contributed by atoms with Gasteiger partial charge in [0, 0.05) is 11.8 Å². The maximum atomic E-state index is 12.3. The molecule has 6 heteroatoms. The van der Waals surface area contributed by atoms with Gasteiger partial charge in [0.1, 0.15) is 11.7 Å². The van der Waals surface area contributed by atoms with Crippen LogP contribution >= 0.6 is 0 Å². The van der Waals surface area contributed by atoms with E-state index in [1.165, 1.54) is 17.7 Å². The van der Waals surface area contributed by atoms with Gasteiger partial charge in [0.25, 0.3) is 5.69 Å². The summed E-state index contributed by atoms with van der Waals surface area (Å²) < 4.78 is 0. The highest BCUT2D eigenvalue weighted by Crippen LogP contribution is 2.23. The Hall–Kier alpha value is -2.89. The number of carbonyl (C=O) groups excluding carboxylic acids is 1. The molecule has 6 nitrogen and oxygen atoms in total. The van der Waals surface area contributed by atoms with Crippen LogP contribution in [0.4, 0.5) is 17.1 Å². The van der Waals surface area contributed by atoms with E-state index in [0.29, 0.717) is 5.92 Å². The fourth-order valence-electron chi connectivity index (χ4n) is 2.26. The number of benzene rings is 2. The molecule has 2 N–H and O–H groups in total. The standard InChI is InChI=1S/C18H21N3O3/c1-12(2)14-8-10-15(11-9-14)19-13(3)18(22)20-16-6-4-5-7-17(16)21(23)24/h4-13,19H,1-3H3,(H,20,22)/t13-/m1/s1. The minimum absolute atomic E-state index is 0.126. The van der Waals surface area contributed by atoms with Crippen molar-refractivity contribution in [1.82, 2.24) is 0 Å². The van der Waals surface area contributed by atoms with Gasteiger partial charge in [-0.15, -0.1) is 0 Å². The van der Waals surface area contributed by atoms with E-state index in [-0.39, 0.29) is 17.3 Å². The molecule has 0 saturated carbocycles. The number of nitrogens with one attached hydrogen (secondary N) is 2. The highest BCUT2D eigenvalue weighted by Gasteiger charge is 2.18. The highest BCUT2D eigenvalue weighted by molar-refractivity contribution is 5.97. The van der Waals surface area contributed by atoms with Gasteiger partial charge >= 0.3 is 0 Å². The average molecular weight is 327 g/mol. The lowest BCUT2D eigenvalue weighted by Gasteiger charge is -2.16. The van der Waals surface area contributed by atoms with Crippen molar-refractivity contribution in [3.05, 3.63) is 64.2 Å². The van der Waals surface area contributed by atoms with Crippen LogP contribution in [0.15, 0.2) is 48.5 Å². The molecule has 2 aromatic rings. The molecule has 0 aromatic heterocycles. The van der Waals surface area contributed by atoms with Gasteiger partial charge in [-0.05, 0) is 36.6 Å². The van der Waals surface area contributed by atoms with Gasteiger partial charge in [0.2, 0.25) is 5.91 Å². The molecule has 2 aromatic carbocycles. The summed E-state index contributed by atoms with van der Waals surface area (Å²) in [6.45, 7) is 5.94. The van der Waals surface area contributed by atoms with E-state index in [1.54, 1.807) is 19.1 Å². The first-order valence-electron chi connectivity index (χ1n) is 7.79. The van der Waals surface area contributed by atoms with Gasteiger partial charge < -0.3 is 10.6 Å². The van der Waals surface area contributed by atoms with Crippen molar-refractivity contribution in [2.75, 3.05) is 10.6 Å². The fraction of sp³-hybridized carbons (Fsp3) is 0.278. The summed E-state index contributed by atoms with van der Waals surface area (Å²) in [5.74, 6) is 0.107. The molecule has 0 aliphatic heterocycles. The van der Waals surface area contributed by atoms with Crippen molar-refractivity contribution in [3.63, 3.8) is 0 Å². The normalized spacial score (nSPS) is 11.8. The van der Waals surface area contributed by atoms with Crippen molar-refractivity contribution in [2.24, 2.45) is 0 Å². The van der Waals surface area contributed by atoms with Crippen LogP contribution in [-0.4, -0.2) is 16.9 Å². The molecule has 0 bridgehead atoms. The van der Waals surface area contributed by atoms with Crippen molar-refractivity contribution in [3.8, 4) is 0 Å². The van der Waals surface area contributed by atoms with Crippen LogP contribution in [0.25, 0.3) is 0 Å². The number of para-hydroxylation sites is 2. The number of amides is 1. The second-order valence-corrected chi connectivity index (χ2v) is 5.91. The van der Waals surface area contributed by atoms with Crippen molar-refractivity contribution < 1.29 is 9.72 Å². The Bertz CT molecular complexity index is 727. The van der Waals surface area contributed by atoms with Crippen LogP contribution in [0.5, 0.6) is 0 Å². The summed E-state index contributed by atoms with van der Waals surface area (Å²) in [6, 6.07) is 13.4. The Morgan fingerprint density at radius 1 is 1.04 bits per heavy atom. The number of hydrogen-bond donors (Lipinski definition) is 2. The van der Waals surface area contributed by atoms with E-state index in [2.05, 4.69) is 24.5 Å². The maximum absolute atomic E-state index is 12.3. The zero-order chi connectivity index (χ0) is 17.7. The molecule has 0 aliphatic carbocycles. The second-order valence-electron chi connectivity index (χ2n) is 5.91. The lowest BCUT2D eigenvalue weighted by molar-refractivity contribution is -0.383. The Kier molecular flexibility index (Phi) is 5.52. The Balaban J connectivity index is 2.03. The number of anilines is 2. The third-order valence-electron chi connectivity index (χ3n) is 3.71.